The zero-order chi connectivity index (χ0) is 36.5. The van der Waals surface area contributed by atoms with Crippen molar-refractivity contribution in [3.63, 3.8) is 0 Å². The van der Waals surface area contributed by atoms with Gasteiger partial charge in [0.25, 0.3) is 5.91 Å². The molecule has 5 atom stereocenters. The number of hydrogen-bond donors (Lipinski definition) is 6. The van der Waals surface area contributed by atoms with E-state index in [0.717, 1.165) is 24.8 Å². The Morgan fingerprint density at radius 1 is 1.16 bits per heavy atom. The number of aliphatic hydroxyl groups excluding tert-OH is 1. The summed E-state index contributed by atoms with van der Waals surface area (Å²) in [6.07, 6.45) is 4.83. The van der Waals surface area contributed by atoms with Crippen LogP contribution < -0.4 is 16.0 Å². The maximum atomic E-state index is 14.2. The number of aromatic nitrogens is 4. The fourth-order valence-corrected chi connectivity index (χ4v) is 7.47. The van der Waals surface area contributed by atoms with Crippen LogP contribution in [0.25, 0.3) is 11.0 Å². The minimum absolute atomic E-state index is 0.0554. The smallest absolute Gasteiger partial charge is 0.270 e. The first-order chi connectivity index (χ1) is 24.3. The highest BCUT2D eigenvalue weighted by atomic mass is 35.5. The zero-order valence-corrected chi connectivity index (χ0v) is 30.7. The molecule has 13 heteroatoms. The van der Waals surface area contributed by atoms with E-state index in [0.29, 0.717) is 46.0 Å². The quantitative estimate of drug-likeness (QED) is 0.0923. The van der Waals surface area contributed by atoms with Crippen LogP contribution in [0, 0.1) is 11.8 Å². The third kappa shape index (κ3) is 7.85. The van der Waals surface area contributed by atoms with E-state index in [1.165, 1.54) is 4.68 Å². The molecule has 2 aliphatic rings. The first-order valence-electron chi connectivity index (χ1n) is 17.8. The molecule has 2 aliphatic carbocycles. The lowest BCUT2D eigenvalue weighted by molar-refractivity contribution is -0.131. The van der Waals surface area contributed by atoms with Crippen LogP contribution in [-0.4, -0.2) is 79.9 Å². The SMILES string of the molecule is COCC(C)(C(=O)N[C@H](C1CCC1)C(O)NCC1(O)CC1)c1ccc2nc([C@@H](NC(=O)c3ccnn3C)[C@H](c3ccccc3Cl)C(C)C)[nH]c2c1. The summed E-state index contributed by atoms with van der Waals surface area (Å²) in [4.78, 5) is 36.3. The van der Waals surface area contributed by atoms with Crippen molar-refractivity contribution in [2.24, 2.45) is 18.9 Å². The van der Waals surface area contributed by atoms with Crippen molar-refractivity contribution < 1.29 is 24.5 Å². The fraction of sp³-hybridized carbons (Fsp3) is 0.526. The molecule has 2 aromatic heterocycles. The van der Waals surface area contributed by atoms with Gasteiger partial charge in [0.2, 0.25) is 5.91 Å². The van der Waals surface area contributed by atoms with Gasteiger partial charge in [-0.25, -0.2) is 4.98 Å². The van der Waals surface area contributed by atoms with Crippen molar-refractivity contribution in [2.75, 3.05) is 20.3 Å². The third-order valence-electron chi connectivity index (χ3n) is 10.8. The number of H-pyrrole nitrogens is 1. The molecular weight excluding hydrogens is 670 g/mol. The number of nitrogens with zero attached hydrogens (tertiary/aromatic N) is 3. The number of aromatic amines is 1. The van der Waals surface area contributed by atoms with Gasteiger partial charge in [-0.3, -0.25) is 19.6 Å². The molecule has 0 bridgehead atoms. The van der Waals surface area contributed by atoms with E-state index < -0.39 is 29.3 Å². The molecule has 0 radical (unpaired) electrons. The number of nitrogens with one attached hydrogen (secondary N) is 4. The maximum absolute atomic E-state index is 14.2. The van der Waals surface area contributed by atoms with Gasteiger partial charge in [0.05, 0.1) is 40.7 Å². The van der Waals surface area contributed by atoms with Crippen molar-refractivity contribution in [1.82, 2.24) is 35.7 Å². The highest BCUT2D eigenvalue weighted by Crippen LogP contribution is 2.41. The van der Waals surface area contributed by atoms with Crippen LogP contribution in [-0.2, 0) is 22.0 Å². The molecule has 6 rings (SSSR count). The van der Waals surface area contributed by atoms with Gasteiger partial charge in [0.15, 0.2) is 0 Å². The van der Waals surface area contributed by atoms with Crippen LogP contribution in [0.4, 0.5) is 0 Å². The predicted molar refractivity (Wildman–Crippen MR) is 195 cm³/mol. The van der Waals surface area contributed by atoms with Crippen LogP contribution in [0.3, 0.4) is 0 Å². The number of carbonyl (C=O) groups is 2. The van der Waals surface area contributed by atoms with Gasteiger partial charge in [-0.05, 0) is 79.8 Å². The zero-order valence-electron chi connectivity index (χ0n) is 29.9. The Balaban J connectivity index is 1.33. The topological polar surface area (TPSA) is 166 Å². The maximum Gasteiger partial charge on any atom is 0.270 e. The molecule has 2 unspecified atom stereocenters. The average Bonchev–Trinajstić information content (AvgIpc) is 3.43. The molecule has 2 aromatic carbocycles. The molecule has 2 heterocycles. The molecule has 0 aliphatic heterocycles. The van der Waals surface area contributed by atoms with E-state index in [-0.39, 0.29) is 42.7 Å². The minimum Gasteiger partial charge on any atom is -0.389 e. The van der Waals surface area contributed by atoms with E-state index in [4.69, 9.17) is 21.3 Å². The Kier molecular flexibility index (Phi) is 10.9. The molecule has 51 heavy (non-hydrogen) atoms. The van der Waals surface area contributed by atoms with Crippen LogP contribution in [0.5, 0.6) is 0 Å². The predicted octanol–water partition coefficient (Wildman–Crippen LogP) is 4.48. The van der Waals surface area contributed by atoms with Gasteiger partial charge in [-0.15, -0.1) is 0 Å². The van der Waals surface area contributed by atoms with Crippen molar-refractivity contribution in [1.29, 1.82) is 0 Å². The van der Waals surface area contributed by atoms with Crippen molar-refractivity contribution in [3.8, 4) is 0 Å². The van der Waals surface area contributed by atoms with Crippen molar-refractivity contribution >= 4 is 34.4 Å². The Morgan fingerprint density at radius 2 is 1.90 bits per heavy atom. The van der Waals surface area contributed by atoms with Crippen LogP contribution in [0.2, 0.25) is 5.02 Å². The van der Waals surface area contributed by atoms with E-state index in [2.05, 4.69) is 39.9 Å². The number of halogens is 1. The van der Waals surface area contributed by atoms with E-state index in [1.807, 2.05) is 49.4 Å². The fourth-order valence-electron chi connectivity index (χ4n) is 7.20. The highest BCUT2D eigenvalue weighted by Gasteiger charge is 2.44. The molecule has 2 amide bonds. The molecule has 12 nitrogen and oxygen atoms in total. The van der Waals surface area contributed by atoms with Crippen LogP contribution in [0.1, 0.15) is 92.3 Å². The van der Waals surface area contributed by atoms with Crippen LogP contribution in [0.15, 0.2) is 54.7 Å². The number of aryl methyl sites for hydroxylation is 1. The summed E-state index contributed by atoms with van der Waals surface area (Å²) < 4.78 is 7.15. The second-order valence-corrected chi connectivity index (χ2v) is 15.3. The van der Waals surface area contributed by atoms with E-state index >= 15 is 0 Å². The lowest BCUT2D eigenvalue weighted by atomic mass is 9.77. The Labute approximate surface area is 303 Å². The Morgan fingerprint density at radius 3 is 2.51 bits per heavy atom. The molecule has 4 aromatic rings. The molecule has 2 saturated carbocycles. The van der Waals surface area contributed by atoms with E-state index in [9.17, 15) is 19.8 Å². The first kappa shape index (κ1) is 37.0. The van der Waals surface area contributed by atoms with Crippen molar-refractivity contribution in [3.05, 3.63) is 82.4 Å². The number of methoxy groups -OCH3 is 1. The summed E-state index contributed by atoms with van der Waals surface area (Å²) in [6, 6.07) is 13.8. The van der Waals surface area contributed by atoms with Crippen LogP contribution >= 0.6 is 11.6 Å². The number of ether oxygens (including phenoxy) is 1. The van der Waals surface area contributed by atoms with Gasteiger partial charge in [-0.1, -0.05) is 56.1 Å². The average molecular weight is 720 g/mol. The minimum atomic E-state index is -1.12. The molecule has 0 saturated heterocycles. The lowest BCUT2D eigenvalue weighted by Crippen LogP contribution is -2.59. The summed E-state index contributed by atoms with van der Waals surface area (Å²) >= 11 is 6.76. The third-order valence-corrected chi connectivity index (χ3v) is 11.2. The number of rotatable bonds is 16. The summed E-state index contributed by atoms with van der Waals surface area (Å²) in [5.74, 6) is -0.0891. The second-order valence-electron chi connectivity index (χ2n) is 14.9. The summed E-state index contributed by atoms with van der Waals surface area (Å²) in [7, 11) is 3.28. The number of imidazole rings is 1. The van der Waals surface area contributed by atoms with Gasteiger partial charge in [0.1, 0.15) is 17.7 Å². The largest absolute Gasteiger partial charge is 0.389 e. The summed E-state index contributed by atoms with van der Waals surface area (Å²) in [6.45, 7) is 6.38. The number of hydrogen-bond acceptors (Lipinski definition) is 8. The number of carbonyl (C=O) groups excluding carboxylic acids is 2. The Bertz CT molecular complexity index is 1850. The van der Waals surface area contributed by atoms with E-state index in [1.54, 1.807) is 26.4 Å². The molecule has 2 fully saturated rings. The second kappa shape index (κ2) is 15.0. The van der Waals surface area contributed by atoms with Crippen molar-refractivity contribution in [2.45, 2.75) is 88.1 Å². The molecule has 6 N–H and O–H groups in total. The van der Waals surface area contributed by atoms with Gasteiger partial charge < -0.3 is 30.6 Å². The van der Waals surface area contributed by atoms with Gasteiger partial charge in [0, 0.05) is 37.8 Å². The number of aliphatic hydroxyl groups is 2. The number of benzene rings is 2. The monoisotopic (exact) mass is 719 g/mol. The molecule has 274 valence electrons. The van der Waals surface area contributed by atoms with Gasteiger partial charge in [-0.2, -0.15) is 5.10 Å². The highest BCUT2D eigenvalue weighted by molar-refractivity contribution is 6.31. The standard InChI is InChI=1S/C38H50ClN7O5/c1-22(2)30(25-11-6-7-12-26(25)39)32(44-34(47)29-15-18-41-46(29)4)33-42-27-14-13-24(19-28(27)43-33)37(3,21-51-5)36(49)45-31(23-9-8-10-23)35(48)40-20-38(50)16-17-38/h6-7,11-15,18-19,22-23,30-32,35,40,48,50H,8-10,16-17,20-21H2,1-5H3,(H,42,43)(H,44,47)(H,45,49)/t30-,31+,32-,35?,37?/m0/s1. The first-order valence-corrected chi connectivity index (χ1v) is 18.2. The molecular formula is C38H50ClN7O5. The molecule has 0 spiro atoms. The summed E-state index contributed by atoms with van der Waals surface area (Å²) in [5.41, 5.74) is 1.46. The number of amides is 2. The lowest BCUT2D eigenvalue weighted by Gasteiger charge is -2.40. The van der Waals surface area contributed by atoms with Gasteiger partial charge >= 0.3 is 0 Å². The Hall–Kier alpha value is -3.81. The normalized spacial score (nSPS) is 19.2. The number of fused-ring (bicyclic) bond motifs is 1. The summed E-state index contributed by atoms with van der Waals surface area (Å²) in [5, 5.41) is 35.7.